The number of aldehydes is 1. The van der Waals surface area contributed by atoms with E-state index in [0.717, 1.165) is 22.7 Å². The van der Waals surface area contributed by atoms with Crippen molar-refractivity contribution < 1.29 is 4.79 Å². The van der Waals surface area contributed by atoms with Gasteiger partial charge in [-0.1, -0.05) is 22.9 Å². The lowest BCUT2D eigenvalue weighted by Gasteiger charge is -1.98. The molecule has 2 heteroatoms. The van der Waals surface area contributed by atoms with Gasteiger partial charge in [0.05, 0.1) is 0 Å². The van der Waals surface area contributed by atoms with Crippen LogP contribution in [0.1, 0.15) is 22.8 Å². The van der Waals surface area contributed by atoms with Crippen molar-refractivity contribution in [3.63, 3.8) is 0 Å². The van der Waals surface area contributed by atoms with E-state index in [9.17, 15) is 4.79 Å². The lowest BCUT2D eigenvalue weighted by Crippen LogP contribution is -1.85. The molecule has 0 fully saturated rings. The second-order valence-corrected chi connectivity index (χ2v) is 3.28. The molecule has 1 aromatic rings. The Morgan fingerprint density at radius 3 is 2.73 bits per heavy atom. The predicted octanol–water partition coefficient (Wildman–Crippen LogP) is 2.82. The van der Waals surface area contributed by atoms with Gasteiger partial charge in [0, 0.05) is 10.0 Å². The van der Waals surface area contributed by atoms with Gasteiger partial charge in [-0.15, -0.1) is 0 Å². The zero-order chi connectivity index (χ0) is 8.27. The lowest BCUT2D eigenvalue weighted by molar-refractivity contribution is 0.112. The minimum absolute atomic E-state index is 0.733. The van der Waals surface area contributed by atoms with E-state index >= 15 is 0 Å². The molecule has 0 amide bonds. The number of rotatable bonds is 2. The van der Waals surface area contributed by atoms with Gasteiger partial charge in [-0.3, -0.25) is 4.79 Å². The van der Waals surface area contributed by atoms with Gasteiger partial charge in [0.25, 0.3) is 0 Å². The molecule has 58 valence electrons. The Hall–Kier alpha value is -0.630. The van der Waals surface area contributed by atoms with Gasteiger partial charge in [-0.2, -0.15) is 0 Å². The highest BCUT2D eigenvalue weighted by molar-refractivity contribution is 9.10. The topological polar surface area (TPSA) is 17.1 Å². The average molecular weight is 213 g/mol. The number of hydrogen-bond donors (Lipinski definition) is 0. The first-order valence-corrected chi connectivity index (χ1v) is 4.30. The van der Waals surface area contributed by atoms with Crippen LogP contribution in [0.4, 0.5) is 0 Å². The summed E-state index contributed by atoms with van der Waals surface area (Å²) in [6, 6.07) is 5.73. The van der Waals surface area contributed by atoms with Gasteiger partial charge >= 0.3 is 0 Å². The first-order valence-electron chi connectivity index (χ1n) is 3.51. The normalized spacial score (nSPS) is 9.64. The number of hydrogen-bond acceptors (Lipinski definition) is 1. The molecule has 1 aromatic carbocycles. The van der Waals surface area contributed by atoms with Crippen molar-refractivity contribution in [1.82, 2.24) is 0 Å². The van der Waals surface area contributed by atoms with Crippen LogP contribution in [0.25, 0.3) is 0 Å². The van der Waals surface area contributed by atoms with E-state index < -0.39 is 0 Å². The number of carbonyl (C=O) groups is 1. The summed E-state index contributed by atoms with van der Waals surface area (Å²) in [5, 5.41) is 0. The van der Waals surface area contributed by atoms with Crippen molar-refractivity contribution in [2.24, 2.45) is 0 Å². The van der Waals surface area contributed by atoms with Crippen molar-refractivity contribution >= 4 is 22.2 Å². The van der Waals surface area contributed by atoms with Crippen LogP contribution in [0.15, 0.2) is 22.7 Å². The Morgan fingerprint density at radius 2 is 2.18 bits per heavy atom. The fraction of sp³-hybridized carbons (Fsp3) is 0.222. The van der Waals surface area contributed by atoms with Gasteiger partial charge in [0.1, 0.15) is 6.29 Å². The zero-order valence-electron chi connectivity index (χ0n) is 6.30. The van der Waals surface area contributed by atoms with Gasteiger partial charge in [0.2, 0.25) is 0 Å². The fourth-order valence-electron chi connectivity index (χ4n) is 0.948. The summed E-state index contributed by atoms with van der Waals surface area (Å²) in [6.07, 6.45) is 1.82. The minimum atomic E-state index is 0.733. The lowest BCUT2D eigenvalue weighted by atomic mass is 10.1. The molecule has 0 unspecified atom stereocenters. The van der Waals surface area contributed by atoms with E-state index in [2.05, 4.69) is 22.9 Å². The molecular weight excluding hydrogens is 204 g/mol. The molecule has 1 nitrogen and oxygen atoms in total. The van der Waals surface area contributed by atoms with Crippen LogP contribution in [0.5, 0.6) is 0 Å². The Labute approximate surface area is 74.6 Å². The standard InChI is InChI=1S/C9H9BrO/c1-2-7-3-8(6-11)5-9(10)4-7/h3-6H,2H2,1H3. The summed E-state index contributed by atoms with van der Waals surface area (Å²) in [4.78, 5) is 10.4. The Bertz CT molecular complexity index is 268. The molecule has 1 rings (SSSR count). The molecule has 0 aliphatic rings. The molecule has 0 saturated carbocycles. The molecule has 0 bridgehead atoms. The number of aryl methyl sites for hydroxylation is 1. The minimum Gasteiger partial charge on any atom is -0.298 e. The van der Waals surface area contributed by atoms with E-state index in [4.69, 9.17) is 0 Å². The molecule has 0 heterocycles. The van der Waals surface area contributed by atoms with E-state index in [-0.39, 0.29) is 0 Å². The average Bonchev–Trinajstić information content (AvgIpc) is 2.03. The van der Waals surface area contributed by atoms with Crippen LogP contribution in [-0.2, 0) is 6.42 Å². The summed E-state index contributed by atoms with van der Waals surface area (Å²) >= 11 is 3.34. The number of carbonyl (C=O) groups excluding carboxylic acids is 1. The smallest absolute Gasteiger partial charge is 0.150 e. The van der Waals surface area contributed by atoms with Crippen LogP contribution < -0.4 is 0 Å². The van der Waals surface area contributed by atoms with E-state index in [1.165, 1.54) is 5.56 Å². The molecule has 0 saturated heterocycles. The van der Waals surface area contributed by atoms with Crippen LogP contribution in [0.3, 0.4) is 0 Å². The third kappa shape index (κ3) is 2.15. The number of benzene rings is 1. The molecule has 11 heavy (non-hydrogen) atoms. The van der Waals surface area contributed by atoms with Gasteiger partial charge in [-0.25, -0.2) is 0 Å². The van der Waals surface area contributed by atoms with Crippen LogP contribution in [-0.4, -0.2) is 6.29 Å². The molecule has 0 aliphatic heterocycles. The van der Waals surface area contributed by atoms with Gasteiger partial charge in [-0.05, 0) is 30.2 Å². The van der Waals surface area contributed by atoms with E-state index in [0.29, 0.717) is 0 Å². The predicted molar refractivity (Wildman–Crippen MR) is 48.9 cm³/mol. The highest BCUT2D eigenvalue weighted by Crippen LogP contribution is 2.14. The summed E-state index contributed by atoms with van der Waals surface area (Å²) < 4.78 is 0.971. The van der Waals surface area contributed by atoms with Crippen molar-refractivity contribution in [2.45, 2.75) is 13.3 Å². The van der Waals surface area contributed by atoms with E-state index in [1.54, 1.807) is 0 Å². The summed E-state index contributed by atoms with van der Waals surface area (Å²) in [7, 11) is 0. The Kier molecular flexibility index (Phi) is 2.83. The third-order valence-corrected chi connectivity index (χ3v) is 1.98. The SMILES string of the molecule is CCc1cc(Br)cc(C=O)c1. The first kappa shape index (κ1) is 8.47. The van der Waals surface area contributed by atoms with Crippen molar-refractivity contribution in [3.05, 3.63) is 33.8 Å². The van der Waals surface area contributed by atoms with Crippen molar-refractivity contribution in [1.29, 1.82) is 0 Å². The zero-order valence-corrected chi connectivity index (χ0v) is 7.89. The highest BCUT2D eigenvalue weighted by Gasteiger charge is 1.95. The molecule has 0 atom stereocenters. The van der Waals surface area contributed by atoms with Gasteiger partial charge in [0.15, 0.2) is 0 Å². The first-order chi connectivity index (χ1) is 5.26. The summed E-state index contributed by atoms with van der Waals surface area (Å²) in [5.41, 5.74) is 1.91. The second-order valence-electron chi connectivity index (χ2n) is 2.36. The third-order valence-electron chi connectivity index (χ3n) is 1.52. The molecule has 0 spiro atoms. The molecule has 0 radical (unpaired) electrons. The van der Waals surface area contributed by atoms with Crippen LogP contribution in [0, 0.1) is 0 Å². The summed E-state index contributed by atoms with van der Waals surface area (Å²) in [6.45, 7) is 2.07. The molecule has 0 aromatic heterocycles. The Morgan fingerprint density at radius 1 is 1.45 bits per heavy atom. The van der Waals surface area contributed by atoms with Crippen molar-refractivity contribution in [2.75, 3.05) is 0 Å². The molecule has 0 aliphatic carbocycles. The maximum Gasteiger partial charge on any atom is 0.150 e. The van der Waals surface area contributed by atoms with Crippen molar-refractivity contribution in [3.8, 4) is 0 Å². The van der Waals surface area contributed by atoms with Gasteiger partial charge < -0.3 is 0 Å². The largest absolute Gasteiger partial charge is 0.298 e. The Balaban J connectivity index is 3.11. The highest BCUT2D eigenvalue weighted by atomic mass is 79.9. The van der Waals surface area contributed by atoms with E-state index in [1.807, 2.05) is 18.2 Å². The maximum atomic E-state index is 10.4. The second kappa shape index (κ2) is 3.67. The number of halogens is 1. The molecular formula is C9H9BrO. The summed E-state index contributed by atoms with van der Waals surface area (Å²) in [5.74, 6) is 0. The molecule has 0 N–H and O–H groups in total. The monoisotopic (exact) mass is 212 g/mol. The van der Waals surface area contributed by atoms with Crippen LogP contribution in [0.2, 0.25) is 0 Å². The quantitative estimate of drug-likeness (QED) is 0.690. The maximum absolute atomic E-state index is 10.4. The van der Waals surface area contributed by atoms with Crippen LogP contribution >= 0.6 is 15.9 Å². The fourth-order valence-corrected chi connectivity index (χ4v) is 1.51.